The van der Waals surface area contributed by atoms with E-state index in [0.717, 1.165) is 43.5 Å². The third-order valence-corrected chi connectivity index (χ3v) is 8.98. The highest BCUT2D eigenvalue weighted by Gasteiger charge is 2.43. The molecule has 2 aliphatic rings. The van der Waals surface area contributed by atoms with Crippen LogP contribution in [0, 0.1) is 13.8 Å². The summed E-state index contributed by atoms with van der Waals surface area (Å²) in [6.07, 6.45) is 3.87. The monoisotopic (exact) mass is 618 g/mol. The largest absolute Gasteiger partial charge is 0.478 e. The number of carboxylic acids is 1. The number of carbonyl (C=O) groups is 3. The first-order valence-corrected chi connectivity index (χ1v) is 15.5. The van der Waals surface area contributed by atoms with Crippen molar-refractivity contribution in [2.75, 3.05) is 26.2 Å². The number of carboxylic acid groups (broad SMARTS) is 1. The number of aromatic carboxylic acids is 1. The van der Waals surface area contributed by atoms with Gasteiger partial charge in [-0.1, -0.05) is 41.9 Å². The highest BCUT2D eigenvalue weighted by Crippen LogP contribution is 2.35. The lowest BCUT2D eigenvalue weighted by Gasteiger charge is -2.41. The predicted molar refractivity (Wildman–Crippen MR) is 168 cm³/mol. The van der Waals surface area contributed by atoms with Gasteiger partial charge in [-0.15, -0.1) is 0 Å². The Balaban J connectivity index is 1.18. The molecule has 0 bridgehead atoms. The summed E-state index contributed by atoms with van der Waals surface area (Å²) in [6, 6.07) is 15.3. The molecule has 1 aromatic carbocycles. The summed E-state index contributed by atoms with van der Waals surface area (Å²) in [7, 11) is 0. The number of piperidine rings is 1. The smallest absolute Gasteiger partial charge is 0.337 e. The van der Waals surface area contributed by atoms with Crippen LogP contribution in [0.15, 0.2) is 54.7 Å². The number of halogens is 1. The van der Waals surface area contributed by atoms with E-state index in [4.69, 9.17) is 11.6 Å². The van der Waals surface area contributed by atoms with Crippen LogP contribution in [0.5, 0.6) is 0 Å². The summed E-state index contributed by atoms with van der Waals surface area (Å²) in [5, 5.41) is 12.6. The second-order valence-corrected chi connectivity index (χ2v) is 12.1. The summed E-state index contributed by atoms with van der Waals surface area (Å²) >= 11 is 6.02. The molecule has 4 heterocycles. The van der Waals surface area contributed by atoms with E-state index in [0.29, 0.717) is 41.7 Å². The second kappa shape index (κ2) is 13.7. The molecule has 2 aliphatic heterocycles. The van der Waals surface area contributed by atoms with Gasteiger partial charge in [0.05, 0.1) is 35.1 Å². The number of pyridine rings is 2. The lowest BCUT2D eigenvalue weighted by Crippen LogP contribution is -2.49. The molecule has 3 amide bonds. The minimum Gasteiger partial charge on any atom is -0.478 e. The standard InChI is InChI=1S/C33H39ClN6O4/c1-21-17-29(34)37-23(3)30(21)31(41)35-14-11-22(2)38-15-12-27(13-16-38)40-28(24-7-5-4-6-8-24)20-39(33(40)44)19-26-10-9-25(18-36-26)32(42)43/h4-10,17-18,22,27-28H,11-16,19-20H2,1-3H3,(H,35,41)(H,42,43)/t22?,28-/m0/s1. The number of likely N-dealkylation sites (tertiary alicyclic amines) is 1. The van der Waals surface area contributed by atoms with Crippen LogP contribution in [0.3, 0.4) is 0 Å². The van der Waals surface area contributed by atoms with Gasteiger partial charge in [0.25, 0.3) is 5.91 Å². The molecule has 1 unspecified atom stereocenters. The SMILES string of the molecule is Cc1cc(Cl)nc(C)c1C(=O)NCCC(C)N1CCC(N2C(=O)N(Cc3ccc(C(=O)O)cn3)C[C@H]2c2ccccc2)CC1. The topological polar surface area (TPSA) is 119 Å². The van der Waals surface area contributed by atoms with Gasteiger partial charge < -0.3 is 25.1 Å². The Morgan fingerprint density at radius 2 is 1.84 bits per heavy atom. The fourth-order valence-corrected chi connectivity index (χ4v) is 6.68. The van der Waals surface area contributed by atoms with Gasteiger partial charge >= 0.3 is 12.0 Å². The molecule has 2 aromatic heterocycles. The predicted octanol–water partition coefficient (Wildman–Crippen LogP) is 5.10. The van der Waals surface area contributed by atoms with Crippen molar-refractivity contribution in [1.82, 2.24) is 30.0 Å². The number of hydrogen-bond donors (Lipinski definition) is 2. The van der Waals surface area contributed by atoms with Crippen molar-refractivity contribution in [2.24, 2.45) is 0 Å². The normalized spacial score (nSPS) is 18.5. The van der Waals surface area contributed by atoms with E-state index < -0.39 is 5.97 Å². The molecule has 3 aromatic rings. The van der Waals surface area contributed by atoms with Crippen LogP contribution in [0.25, 0.3) is 0 Å². The molecule has 0 aliphatic carbocycles. The van der Waals surface area contributed by atoms with E-state index in [1.165, 1.54) is 12.3 Å². The fraction of sp³-hybridized carbons (Fsp3) is 0.424. The summed E-state index contributed by atoms with van der Waals surface area (Å²) in [5.74, 6) is -1.16. The number of benzene rings is 1. The molecular formula is C33H39ClN6O4. The Morgan fingerprint density at radius 3 is 2.48 bits per heavy atom. The highest BCUT2D eigenvalue weighted by molar-refractivity contribution is 6.29. The number of carbonyl (C=O) groups excluding carboxylic acids is 2. The van der Waals surface area contributed by atoms with Gasteiger partial charge in [-0.25, -0.2) is 14.6 Å². The van der Waals surface area contributed by atoms with E-state index in [1.54, 1.807) is 19.1 Å². The lowest BCUT2D eigenvalue weighted by atomic mass is 9.98. The lowest BCUT2D eigenvalue weighted by molar-refractivity contribution is 0.0695. The van der Waals surface area contributed by atoms with Crippen molar-refractivity contribution < 1.29 is 19.5 Å². The van der Waals surface area contributed by atoms with Crippen LogP contribution in [0.2, 0.25) is 5.15 Å². The third kappa shape index (κ3) is 7.03. The van der Waals surface area contributed by atoms with Crippen LogP contribution in [0.4, 0.5) is 4.79 Å². The quantitative estimate of drug-likeness (QED) is 0.304. The summed E-state index contributed by atoms with van der Waals surface area (Å²) < 4.78 is 0. The van der Waals surface area contributed by atoms with E-state index in [9.17, 15) is 19.5 Å². The summed E-state index contributed by atoms with van der Waals surface area (Å²) in [5.41, 5.74) is 3.90. The molecule has 0 spiro atoms. The first kappa shape index (κ1) is 31.4. The number of aryl methyl sites for hydroxylation is 2. The molecule has 0 saturated carbocycles. The number of urea groups is 1. The van der Waals surface area contributed by atoms with Crippen LogP contribution in [-0.4, -0.2) is 85.9 Å². The second-order valence-electron chi connectivity index (χ2n) is 11.7. The Labute approximate surface area is 263 Å². The fourth-order valence-electron chi connectivity index (χ4n) is 6.39. The number of amides is 3. The van der Waals surface area contributed by atoms with Gasteiger partial charge in [0.15, 0.2) is 0 Å². The summed E-state index contributed by atoms with van der Waals surface area (Å²) in [6.45, 7) is 9.00. The molecule has 5 rings (SSSR count). The van der Waals surface area contributed by atoms with Crippen LogP contribution >= 0.6 is 11.6 Å². The molecule has 232 valence electrons. The summed E-state index contributed by atoms with van der Waals surface area (Å²) in [4.78, 5) is 52.7. The minimum atomic E-state index is -1.03. The van der Waals surface area contributed by atoms with E-state index in [2.05, 4.69) is 39.2 Å². The molecule has 2 N–H and O–H groups in total. The Hall–Kier alpha value is -4.02. The molecule has 0 radical (unpaired) electrons. The molecule has 2 fully saturated rings. The molecule has 2 saturated heterocycles. The van der Waals surface area contributed by atoms with Gasteiger partial charge in [0, 0.05) is 44.5 Å². The first-order valence-electron chi connectivity index (χ1n) is 15.1. The molecule has 10 nitrogen and oxygen atoms in total. The zero-order valence-corrected chi connectivity index (χ0v) is 26.1. The maximum atomic E-state index is 13.8. The minimum absolute atomic E-state index is 0.0144. The van der Waals surface area contributed by atoms with Gasteiger partial charge in [-0.05, 0) is 69.4 Å². The van der Waals surface area contributed by atoms with Crippen molar-refractivity contribution in [2.45, 2.75) is 64.7 Å². The van der Waals surface area contributed by atoms with Gasteiger partial charge in [-0.3, -0.25) is 9.78 Å². The van der Waals surface area contributed by atoms with Crippen molar-refractivity contribution in [3.8, 4) is 0 Å². The number of rotatable bonds is 10. The van der Waals surface area contributed by atoms with Crippen LogP contribution < -0.4 is 5.32 Å². The van der Waals surface area contributed by atoms with Crippen molar-refractivity contribution in [3.63, 3.8) is 0 Å². The Morgan fingerprint density at radius 1 is 1.11 bits per heavy atom. The van der Waals surface area contributed by atoms with E-state index >= 15 is 0 Å². The molecule has 11 heteroatoms. The van der Waals surface area contributed by atoms with Crippen LogP contribution in [0.1, 0.15) is 75.5 Å². The van der Waals surface area contributed by atoms with Gasteiger partial charge in [-0.2, -0.15) is 0 Å². The third-order valence-electron chi connectivity index (χ3n) is 8.79. The first-order chi connectivity index (χ1) is 21.1. The number of aromatic nitrogens is 2. The number of hydrogen-bond acceptors (Lipinski definition) is 6. The molecule has 2 atom stereocenters. The maximum Gasteiger partial charge on any atom is 0.337 e. The van der Waals surface area contributed by atoms with Crippen LogP contribution in [-0.2, 0) is 6.54 Å². The van der Waals surface area contributed by atoms with E-state index in [-0.39, 0.29) is 35.6 Å². The van der Waals surface area contributed by atoms with E-state index in [1.807, 2.05) is 34.9 Å². The Kier molecular flexibility index (Phi) is 9.80. The number of nitrogens with one attached hydrogen (secondary N) is 1. The zero-order chi connectivity index (χ0) is 31.4. The van der Waals surface area contributed by atoms with Gasteiger partial charge in [0.1, 0.15) is 5.15 Å². The van der Waals surface area contributed by atoms with Crippen molar-refractivity contribution in [3.05, 3.63) is 93.5 Å². The average Bonchev–Trinajstić information content (AvgIpc) is 3.32. The van der Waals surface area contributed by atoms with Crippen molar-refractivity contribution in [1.29, 1.82) is 0 Å². The number of nitrogens with zero attached hydrogens (tertiary/aromatic N) is 5. The average molecular weight is 619 g/mol. The zero-order valence-electron chi connectivity index (χ0n) is 25.4. The highest BCUT2D eigenvalue weighted by atomic mass is 35.5. The Bertz CT molecular complexity index is 1470. The van der Waals surface area contributed by atoms with Crippen molar-refractivity contribution >= 4 is 29.5 Å². The maximum absolute atomic E-state index is 13.8. The van der Waals surface area contributed by atoms with Gasteiger partial charge in [0.2, 0.25) is 0 Å². The molecular weight excluding hydrogens is 580 g/mol. The molecule has 44 heavy (non-hydrogen) atoms.